The Morgan fingerprint density at radius 3 is 2.67 bits per heavy atom. The van der Waals surface area contributed by atoms with Crippen molar-refractivity contribution in [1.29, 1.82) is 0 Å². The maximum atomic E-state index is 10.9. The lowest BCUT2D eigenvalue weighted by Crippen LogP contribution is -2.48. The largest absolute Gasteiger partial charge is 0.431 e. The van der Waals surface area contributed by atoms with Crippen LogP contribution in [-0.2, 0) is 6.42 Å². The molecule has 2 N–H and O–H groups in total. The topological polar surface area (TPSA) is 32.3 Å². The van der Waals surface area contributed by atoms with E-state index in [4.69, 9.17) is 11.6 Å². The monoisotopic (exact) mass is 283 g/mol. The summed E-state index contributed by atoms with van der Waals surface area (Å²) < 4.78 is 0. The summed E-state index contributed by atoms with van der Waals surface area (Å²) in [7, 11) is -2.14. The number of halogens is 1. The van der Waals surface area contributed by atoms with Crippen molar-refractivity contribution in [2.45, 2.75) is 50.9 Å². The second-order valence-corrected chi connectivity index (χ2v) is 10.2. The summed E-state index contributed by atoms with van der Waals surface area (Å²) in [6, 6.07) is 8.21. The van der Waals surface area contributed by atoms with Crippen LogP contribution in [0.1, 0.15) is 26.3 Å². The fourth-order valence-electron chi connectivity index (χ4n) is 3.05. The van der Waals surface area contributed by atoms with E-state index in [0.29, 0.717) is 11.6 Å². The van der Waals surface area contributed by atoms with Crippen molar-refractivity contribution in [3.63, 3.8) is 0 Å². The van der Waals surface area contributed by atoms with Gasteiger partial charge in [-0.25, -0.2) is 0 Å². The lowest BCUT2D eigenvalue weighted by Gasteiger charge is -2.41. The van der Waals surface area contributed by atoms with Gasteiger partial charge in [-0.15, -0.1) is 0 Å². The van der Waals surface area contributed by atoms with Crippen LogP contribution >= 0.6 is 11.6 Å². The first-order valence-corrected chi connectivity index (χ1v) is 9.59. The zero-order valence-corrected chi connectivity index (χ0v) is 13.1. The molecule has 0 saturated heterocycles. The Morgan fingerprint density at radius 2 is 2.06 bits per heavy atom. The SMILES string of the molecule is CC[Si](O)(CC)C1Cc2ccc(Cl)cc2NC1C. The quantitative estimate of drug-likeness (QED) is 0.821. The zero-order valence-electron chi connectivity index (χ0n) is 11.3. The van der Waals surface area contributed by atoms with Crippen LogP contribution in [0.4, 0.5) is 5.69 Å². The molecule has 100 valence electrons. The minimum Gasteiger partial charge on any atom is -0.431 e. The van der Waals surface area contributed by atoms with Crippen LogP contribution in [0.5, 0.6) is 0 Å². The highest BCUT2D eigenvalue weighted by atomic mass is 35.5. The molecule has 2 rings (SSSR count). The number of hydrogen-bond acceptors (Lipinski definition) is 2. The highest BCUT2D eigenvalue weighted by molar-refractivity contribution is 6.74. The first-order chi connectivity index (χ1) is 8.50. The third-order valence-corrected chi connectivity index (χ3v) is 9.18. The molecule has 0 spiro atoms. The van der Waals surface area contributed by atoms with Gasteiger partial charge in [0, 0.05) is 22.3 Å². The van der Waals surface area contributed by atoms with Crippen LogP contribution in [0, 0.1) is 0 Å². The number of fused-ring (bicyclic) bond motifs is 1. The molecule has 0 radical (unpaired) electrons. The van der Waals surface area contributed by atoms with Gasteiger partial charge < -0.3 is 10.1 Å². The van der Waals surface area contributed by atoms with Gasteiger partial charge in [-0.3, -0.25) is 0 Å². The van der Waals surface area contributed by atoms with Gasteiger partial charge in [-0.2, -0.15) is 0 Å². The molecule has 1 aromatic carbocycles. The molecule has 0 amide bonds. The predicted molar refractivity (Wildman–Crippen MR) is 80.9 cm³/mol. The summed E-state index contributed by atoms with van der Waals surface area (Å²) in [5, 5.41) is 4.28. The molecule has 0 saturated carbocycles. The molecule has 1 aliphatic heterocycles. The van der Waals surface area contributed by atoms with Gasteiger partial charge in [0.05, 0.1) is 0 Å². The van der Waals surface area contributed by atoms with E-state index in [1.54, 1.807) is 0 Å². The van der Waals surface area contributed by atoms with Crippen molar-refractivity contribution in [2.75, 3.05) is 5.32 Å². The van der Waals surface area contributed by atoms with Crippen molar-refractivity contribution in [2.24, 2.45) is 0 Å². The van der Waals surface area contributed by atoms with Crippen LogP contribution in [-0.4, -0.2) is 19.2 Å². The summed E-state index contributed by atoms with van der Waals surface area (Å²) in [6.45, 7) is 6.43. The summed E-state index contributed by atoms with van der Waals surface area (Å²) in [5.41, 5.74) is 2.81. The Morgan fingerprint density at radius 1 is 1.39 bits per heavy atom. The molecule has 18 heavy (non-hydrogen) atoms. The molecular weight excluding hydrogens is 262 g/mol. The lowest BCUT2D eigenvalue weighted by molar-refractivity contribution is 0.476. The second kappa shape index (κ2) is 5.23. The van der Waals surface area contributed by atoms with Crippen LogP contribution in [0.15, 0.2) is 18.2 Å². The summed E-state index contributed by atoms with van der Waals surface area (Å²) in [4.78, 5) is 10.9. The van der Waals surface area contributed by atoms with Crippen LogP contribution in [0.3, 0.4) is 0 Å². The van der Waals surface area contributed by atoms with E-state index < -0.39 is 8.32 Å². The van der Waals surface area contributed by atoms with Crippen LogP contribution in [0.25, 0.3) is 0 Å². The standard InChI is InChI=1S/C14H22ClNOSi/c1-4-18(17,5-2)14-8-11-6-7-12(15)9-13(11)16-10(14)3/h6-7,9-10,14,16-17H,4-5,8H2,1-3H3. The second-order valence-electron chi connectivity index (χ2n) is 5.36. The first kappa shape index (κ1) is 13.9. The Kier molecular flexibility index (Phi) is 4.04. The lowest BCUT2D eigenvalue weighted by atomic mass is 9.98. The van der Waals surface area contributed by atoms with Crippen molar-refractivity contribution in [3.05, 3.63) is 28.8 Å². The van der Waals surface area contributed by atoms with Gasteiger partial charge in [0.1, 0.15) is 0 Å². The molecule has 2 unspecified atom stereocenters. The molecule has 0 fully saturated rings. The highest BCUT2D eigenvalue weighted by Crippen LogP contribution is 2.40. The number of benzene rings is 1. The molecule has 0 aliphatic carbocycles. The van der Waals surface area contributed by atoms with Crippen molar-refractivity contribution < 1.29 is 4.80 Å². The zero-order chi connectivity index (χ0) is 13.3. The van der Waals surface area contributed by atoms with E-state index in [-0.39, 0.29) is 0 Å². The summed E-state index contributed by atoms with van der Waals surface area (Å²) in [6.07, 6.45) is 0.977. The molecular formula is C14H22ClNOSi. The van der Waals surface area contributed by atoms with E-state index in [0.717, 1.165) is 29.2 Å². The van der Waals surface area contributed by atoms with Crippen LogP contribution in [0.2, 0.25) is 22.7 Å². The number of anilines is 1. The Bertz CT molecular complexity index is 434. The predicted octanol–water partition coefficient (Wildman–Crippen LogP) is 4.04. The number of nitrogens with one attached hydrogen (secondary N) is 1. The molecule has 0 aromatic heterocycles. The first-order valence-electron chi connectivity index (χ1n) is 6.77. The van der Waals surface area contributed by atoms with E-state index in [2.05, 4.69) is 32.2 Å². The normalized spacial score (nSPS) is 23.4. The van der Waals surface area contributed by atoms with Gasteiger partial charge in [0.15, 0.2) is 8.32 Å². The fourth-order valence-corrected chi connectivity index (χ4v) is 6.39. The van der Waals surface area contributed by atoms with Crippen LogP contribution < -0.4 is 5.32 Å². The molecule has 0 bridgehead atoms. The molecule has 1 heterocycles. The van der Waals surface area contributed by atoms with Crippen molar-refractivity contribution in [1.82, 2.24) is 0 Å². The number of rotatable bonds is 3. The molecule has 2 atom stereocenters. The summed E-state index contributed by atoms with van der Waals surface area (Å²) in [5.74, 6) is 0. The Balaban J connectivity index is 2.31. The third kappa shape index (κ3) is 2.44. The maximum Gasteiger partial charge on any atom is 0.193 e. The molecule has 1 aromatic rings. The smallest absolute Gasteiger partial charge is 0.193 e. The minimum atomic E-state index is -2.14. The maximum absolute atomic E-state index is 10.9. The van der Waals surface area contributed by atoms with Crippen molar-refractivity contribution in [3.8, 4) is 0 Å². The summed E-state index contributed by atoms with van der Waals surface area (Å²) >= 11 is 6.02. The van der Waals surface area contributed by atoms with Gasteiger partial charge in [-0.1, -0.05) is 31.5 Å². The average molecular weight is 284 g/mol. The van der Waals surface area contributed by atoms with Gasteiger partial charge in [-0.05, 0) is 43.1 Å². The third-order valence-electron chi connectivity index (χ3n) is 4.41. The Labute approximate surface area is 115 Å². The minimum absolute atomic E-state index is 0.326. The van der Waals surface area contributed by atoms with Crippen molar-refractivity contribution >= 4 is 25.6 Å². The number of hydrogen-bond donors (Lipinski definition) is 2. The molecule has 2 nitrogen and oxygen atoms in total. The van der Waals surface area contributed by atoms with E-state index in [1.165, 1.54) is 5.56 Å². The molecule has 4 heteroatoms. The molecule has 1 aliphatic rings. The van der Waals surface area contributed by atoms with Gasteiger partial charge in [0.2, 0.25) is 0 Å². The Hall–Kier alpha value is -0.513. The van der Waals surface area contributed by atoms with E-state index in [9.17, 15) is 4.80 Å². The highest BCUT2D eigenvalue weighted by Gasteiger charge is 2.42. The average Bonchev–Trinajstić information content (AvgIpc) is 2.37. The van der Waals surface area contributed by atoms with Gasteiger partial charge >= 0.3 is 0 Å². The fraction of sp³-hybridized carbons (Fsp3) is 0.571. The van der Waals surface area contributed by atoms with E-state index >= 15 is 0 Å². The van der Waals surface area contributed by atoms with E-state index in [1.807, 2.05) is 12.1 Å². The van der Waals surface area contributed by atoms with Gasteiger partial charge in [0.25, 0.3) is 0 Å².